The number of aliphatic hydroxyl groups excluding tert-OH is 1. The van der Waals surface area contributed by atoms with Crippen LogP contribution in [0.15, 0.2) is 16.9 Å². The molecule has 0 bridgehead atoms. The lowest BCUT2D eigenvalue weighted by atomic mass is 9.80. The van der Waals surface area contributed by atoms with Crippen LogP contribution in [0.2, 0.25) is 5.02 Å². The third kappa shape index (κ3) is 2.91. The number of hydrogen-bond acceptors (Lipinski definition) is 4. The summed E-state index contributed by atoms with van der Waals surface area (Å²) in [4.78, 5) is 28.1. The zero-order valence-corrected chi connectivity index (χ0v) is 15.3. The van der Waals surface area contributed by atoms with Crippen LogP contribution in [-0.2, 0) is 0 Å². The fourth-order valence-electron chi connectivity index (χ4n) is 2.92. The van der Waals surface area contributed by atoms with Crippen molar-refractivity contribution in [3.8, 4) is 5.75 Å². The molecule has 0 amide bonds. The fourth-order valence-corrected chi connectivity index (χ4v) is 3.19. The highest BCUT2D eigenvalue weighted by Crippen LogP contribution is 2.30. The normalized spacial score (nSPS) is 12.4. The summed E-state index contributed by atoms with van der Waals surface area (Å²) >= 11 is 5.98. The van der Waals surface area contributed by atoms with Gasteiger partial charge in [-0.3, -0.25) is 9.59 Å². The first kappa shape index (κ1) is 19.4. The van der Waals surface area contributed by atoms with Crippen molar-refractivity contribution in [3.63, 3.8) is 0 Å². The Morgan fingerprint density at radius 1 is 1.26 bits per heavy atom. The number of aromatic nitrogens is 2. The Bertz CT molecular complexity index is 1140. The van der Waals surface area contributed by atoms with Gasteiger partial charge in [-0.25, -0.2) is 0 Å². The monoisotopic (exact) mass is 376 g/mol. The van der Waals surface area contributed by atoms with Crippen LogP contribution in [0, 0.1) is 6.92 Å². The van der Waals surface area contributed by atoms with E-state index in [2.05, 4.69) is 4.98 Å². The van der Waals surface area contributed by atoms with Crippen molar-refractivity contribution in [1.82, 2.24) is 9.38 Å². The van der Waals surface area contributed by atoms with E-state index in [0.29, 0.717) is 5.56 Å². The Hall–Kier alpha value is -2.38. The number of hydrogen-bond donors (Lipinski definition) is 3. The van der Waals surface area contributed by atoms with E-state index in [4.69, 9.17) is 35.1 Å². The van der Waals surface area contributed by atoms with E-state index in [-0.39, 0.29) is 49.9 Å². The number of nitrogens with one attached hydrogen (secondary N) is 1. The maximum atomic E-state index is 13.2. The van der Waals surface area contributed by atoms with Crippen LogP contribution in [0.4, 0.5) is 0 Å². The molecule has 27 heavy (non-hydrogen) atoms. The minimum atomic E-state index is -1.10. The molecular formula is C17H12B3ClN2O4. The van der Waals surface area contributed by atoms with E-state index >= 15 is 0 Å². The van der Waals surface area contributed by atoms with Gasteiger partial charge < -0.3 is 19.6 Å². The summed E-state index contributed by atoms with van der Waals surface area (Å²) < 4.78 is 1.20. The van der Waals surface area contributed by atoms with Crippen LogP contribution in [0.1, 0.15) is 40.3 Å². The van der Waals surface area contributed by atoms with Gasteiger partial charge in [-0.05, 0) is 48.1 Å². The van der Waals surface area contributed by atoms with E-state index in [1.807, 2.05) is 0 Å². The summed E-state index contributed by atoms with van der Waals surface area (Å²) in [5, 5.41) is 19.9. The van der Waals surface area contributed by atoms with E-state index in [1.165, 1.54) is 23.5 Å². The summed E-state index contributed by atoms with van der Waals surface area (Å²) in [6.07, 6.45) is -1.10. The quantitative estimate of drug-likeness (QED) is 0.402. The second-order valence-electron chi connectivity index (χ2n) is 6.24. The van der Waals surface area contributed by atoms with E-state index in [9.17, 15) is 19.8 Å². The number of pyridine rings is 1. The standard InChI is InChI=1S/C17H12B3ClN2O4/c1-5-3-7(4-8(21)13(5)25)14(26)12-11(6(2)24)22-17-10(19)15(27)9(18)16(20)23(12)17/h3-4,6,22,24-25H,1-2H3. The number of ketones is 1. The van der Waals surface area contributed by atoms with Crippen LogP contribution in [0.3, 0.4) is 0 Å². The van der Waals surface area contributed by atoms with Crippen molar-refractivity contribution in [1.29, 1.82) is 0 Å². The molecule has 0 aliphatic carbocycles. The van der Waals surface area contributed by atoms with Gasteiger partial charge in [0.15, 0.2) is 5.43 Å². The van der Waals surface area contributed by atoms with E-state index < -0.39 is 17.3 Å². The summed E-state index contributed by atoms with van der Waals surface area (Å²) in [5.74, 6) is -0.698. The maximum absolute atomic E-state index is 13.2. The molecule has 2 heterocycles. The number of phenolic OH excluding ortho intramolecular Hbond substituents is 1. The largest absolute Gasteiger partial charge is 0.506 e. The van der Waals surface area contributed by atoms with Crippen molar-refractivity contribution < 1.29 is 15.0 Å². The van der Waals surface area contributed by atoms with Gasteiger partial charge in [-0.2, -0.15) is 0 Å². The zero-order valence-electron chi connectivity index (χ0n) is 14.5. The van der Waals surface area contributed by atoms with Crippen molar-refractivity contribution in [2.75, 3.05) is 0 Å². The molecule has 10 heteroatoms. The summed E-state index contributed by atoms with van der Waals surface area (Å²) in [7, 11) is 17.5. The third-order valence-electron chi connectivity index (χ3n) is 4.37. The van der Waals surface area contributed by atoms with Gasteiger partial charge in [0.05, 0.1) is 16.8 Å². The topological polar surface area (TPSA) is 94.8 Å². The lowest BCUT2D eigenvalue weighted by molar-refractivity contribution is 0.102. The number of aromatic hydroxyl groups is 1. The maximum Gasteiger partial charge on any atom is 0.211 e. The Labute approximate surface area is 163 Å². The number of fused-ring (bicyclic) bond motifs is 1. The number of H-pyrrole nitrogens is 1. The van der Waals surface area contributed by atoms with Crippen molar-refractivity contribution in [2.45, 2.75) is 20.0 Å². The van der Waals surface area contributed by atoms with Gasteiger partial charge in [-0.1, -0.05) is 11.6 Å². The molecule has 6 radical (unpaired) electrons. The van der Waals surface area contributed by atoms with Crippen molar-refractivity contribution >= 4 is 63.1 Å². The molecule has 0 spiro atoms. The average molecular weight is 376 g/mol. The molecule has 3 rings (SSSR count). The average Bonchev–Trinajstić information content (AvgIpc) is 3.02. The molecule has 2 aromatic heterocycles. The molecule has 0 aliphatic rings. The number of phenols is 1. The lowest BCUT2D eigenvalue weighted by Crippen LogP contribution is -2.50. The molecule has 0 aliphatic heterocycles. The van der Waals surface area contributed by atoms with Gasteiger partial charge in [0.2, 0.25) is 5.78 Å². The summed E-state index contributed by atoms with van der Waals surface area (Å²) in [5.41, 5.74) is -0.755. The number of rotatable bonds is 3. The number of aromatic amines is 1. The number of halogens is 1. The van der Waals surface area contributed by atoms with E-state index in [0.717, 1.165) is 0 Å². The smallest absolute Gasteiger partial charge is 0.211 e. The van der Waals surface area contributed by atoms with Crippen LogP contribution in [0.25, 0.3) is 5.65 Å². The molecule has 130 valence electrons. The van der Waals surface area contributed by atoms with Crippen LogP contribution in [0.5, 0.6) is 5.75 Å². The number of nitrogens with zero attached hydrogens (tertiary/aromatic N) is 1. The molecular weight excluding hydrogens is 364 g/mol. The number of benzene rings is 1. The molecule has 1 atom stereocenters. The first-order valence-electron chi connectivity index (χ1n) is 7.89. The third-order valence-corrected chi connectivity index (χ3v) is 4.65. The first-order chi connectivity index (χ1) is 12.6. The van der Waals surface area contributed by atoms with Gasteiger partial charge in [0, 0.05) is 5.56 Å². The minimum Gasteiger partial charge on any atom is -0.506 e. The Balaban J connectivity index is 2.41. The van der Waals surface area contributed by atoms with Crippen molar-refractivity contribution in [3.05, 3.63) is 49.9 Å². The predicted molar refractivity (Wildman–Crippen MR) is 106 cm³/mol. The highest BCUT2D eigenvalue weighted by atomic mass is 35.5. The zero-order chi connectivity index (χ0) is 20.2. The second kappa shape index (κ2) is 6.66. The molecule has 0 fully saturated rings. The van der Waals surface area contributed by atoms with Gasteiger partial charge in [-0.15, -0.1) is 0 Å². The Morgan fingerprint density at radius 3 is 2.44 bits per heavy atom. The second-order valence-corrected chi connectivity index (χ2v) is 6.65. The summed E-state index contributed by atoms with van der Waals surface area (Å²) in [6, 6.07) is 2.74. The number of aryl methyl sites for hydroxylation is 1. The van der Waals surface area contributed by atoms with Crippen LogP contribution in [-0.4, -0.2) is 48.9 Å². The Morgan fingerprint density at radius 2 is 1.89 bits per heavy atom. The van der Waals surface area contributed by atoms with Gasteiger partial charge in [0.1, 0.15) is 40.6 Å². The molecule has 3 aromatic rings. The predicted octanol–water partition coefficient (Wildman–Crippen LogP) is -1.04. The fraction of sp³-hybridized carbons (Fsp3) is 0.176. The molecule has 1 unspecified atom stereocenters. The molecule has 1 aromatic carbocycles. The molecule has 6 nitrogen and oxygen atoms in total. The summed E-state index contributed by atoms with van der Waals surface area (Å²) in [6.45, 7) is 3.02. The molecule has 0 saturated heterocycles. The molecule has 0 saturated carbocycles. The Kier molecular flexibility index (Phi) is 4.78. The number of carbonyl (C=O) groups is 1. The van der Waals surface area contributed by atoms with Gasteiger partial charge in [0.25, 0.3) is 0 Å². The van der Waals surface area contributed by atoms with Crippen LogP contribution < -0.4 is 21.9 Å². The van der Waals surface area contributed by atoms with Crippen LogP contribution >= 0.6 is 11.6 Å². The first-order valence-corrected chi connectivity index (χ1v) is 8.26. The highest BCUT2D eigenvalue weighted by Gasteiger charge is 2.26. The highest BCUT2D eigenvalue weighted by molar-refractivity contribution is 6.50. The van der Waals surface area contributed by atoms with Gasteiger partial charge >= 0.3 is 0 Å². The lowest BCUT2D eigenvalue weighted by Gasteiger charge is -2.13. The number of aliphatic hydroxyl groups is 1. The minimum absolute atomic E-state index is 0.00404. The molecule has 3 N–H and O–H groups in total. The van der Waals surface area contributed by atoms with E-state index in [1.54, 1.807) is 6.92 Å². The number of carbonyl (C=O) groups excluding carboxylic acids is 1. The number of imidazole rings is 1. The van der Waals surface area contributed by atoms with Crippen molar-refractivity contribution in [2.24, 2.45) is 0 Å². The SMILES string of the molecule is [B]c1c([B])n2c(C(=O)c3cc(C)c(O)c(Cl)c3)c(C(C)O)[nH]c2c([B])c1=O.